The van der Waals surface area contributed by atoms with Crippen molar-refractivity contribution in [3.63, 3.8) is 0 Å². The Morgan fingerprint density at radius 2 is 2.00 bits per heavy atom. The third-order valence-electron chi connectivity index (χ3n) is 2.62. The maximum Gasteiger partial charge on any atom is 0.212 e. The first-order chi connectivity index (χ1) is 7.86. The number of ketones is 1. The van der Waals surface area contributed by atoms with E-state index in [2.05, 4.69) is 4.98 Å². The van der Waals surface area contributed by atoms with Crippen LogP contribution in [0.25, 0.3) is 0 Å². The molecule has 0 fully saturated rings. The highest BCUT2D eigenvalue weighted by Crippen LogP contribution is 2.32. The van der Waals surface area contributed by atoms with Gasteiger partial charge in [-0.05, 0) is 23.8 Å². The molecule has 3 heteroatoms. The number of pyridine rings is 1. The molecule has 1 aliphatic rings. The summed E-state index contributed by atoms with van der Waals surface area (Å²) >= 11 is 1.70. The van der Waals surface area contributed by atoms with Gasteiger partial charge in [0, 0.05) is 22.4 Å². The van der Waals surface area contributed by atoms with Gasteiger partial charge in [-0.2, -0.15) is 0 Å². The van der Waals surface area contributed by atoms with Crippen LogP contribution in [-0.4, -0.2) is 10.8 Å². The lowest BCUT2D eigenvalue weighted by Crippen LogP contribution is -2.05. The SMILES string of the molecule is O=C1c2ccccc2SCc2cccnc21. The molecule has 0 bridgehead atoms. The van der Waals surface area contributed by atoms with E-state index in [0.717, 1.165) is 21.8 Å². The fourth-order valence-corrected chi connectivity index (χ4v) is 2.86. The molecule has 0 atom stereocenters. The minimum absolute atomic E-state index is 0.0381. The van der Waals surface area contributed by atoms with Crippen molar-refractivity contribution in [1.29, 1.82) is 0 Å². The lowest BCUT2D eigenvalue weighted by molar-refractivity contribution is 0.103. The zero-order valence-electron chi connectivity index (χ0n) is 8.51. The molecule has 0 amide bonds. The Kier molecular flexibility index (Phi) is 2.26. The molecular weight excluding hydrogens is 218 g/mol. The lowest BCUT2D eigenvalue weighted by atomic mass is 10.0. The minimum atomic E-state index is 0.0381. The highest BCUT2D eigenvalue weighted by Gasteiger charge is 2.21. The van der Waals surface area contributed by atoms with E-state index in [0.29, 0.717) is 5.69 Å². The van der Waals surface area contributed by atoms with Crippen molar-refractivity contribution in [2.45, 2.75) is 10.6 Å². The average Bonchev–Trinajstić information content (AvgIpc) is 2.49. The van der Waals surface area contributed by atoms with Gasteiger partial charge in [0.05, 0.1) is 0 Å². The molecule has 0 aliphatic carbocycles. The smallest absolute Gasteiger partial charge is 0.212 e. The van der Waals surface area contributed by atoms with Crippen LogP contribution in [0.1, 0.15) is 21.6 Å². The summed E-state index contributed by atoms with van der Waals surface area (Å²) < 4.78 is 0. The summed E-state index contributed by atoms with van der Waals surface area (Å²) in [5.74, 6) is 0.850. The molecule has 0 N–H and O–H groups in total. The van der Waals surface area contributed by atoms with Crippen LogP contribution in [0.15, 0.2) is 47.5 Å². The van der Waals surface area contributed by atoms with Gasteiger partial charge in [0.25, 0.3) is 0 Å². The van der Waals surface area contributed by atoms with E-state index >= 15 is 0 Å². The van der Waals surface area contributed by atoms with Gasteiger partial charge in [0.1, 0.15) is 5.69 Å². The summed E-state index contributed by atoms with van der Waals surface area (Å²) in [7, 11) is 0. The van der Waals surface area contributed by atoms with Crippen molar-refractivity contribution >= 4 is 17.5 Å². The van der Waals surface area contributed by atoms with Gasteiger partial charge in [-0.1, -0.05) is 18.2 Å². The molecular formula is C13H9NOS. The normalized spacial score (nSPS) is 13.9. The second-order valence-electron chi connectivity index (χ2n) is 3.63. The van der Waals surface area contributed by atoms with Crippen LogP contribution in [0.3, 0.4) is 0 Å². The number of nitrogens with zero attached hydrogens (tertiary/aromatic N) is 1. The Labute approximate surface area is 97.7 Å². The zero-order chi connectivity index (χ0) is 11.0. The van der Waals surface area contributed by atoms with E-state index < -0.39 is 0 Å². The Hall–Kier alpha value is -1.61. The molecule has 0 radical (unpaired) electrons. The summed E-state index contributed by atoms with van der Waals surface area (Å²) in [4.78, 5) is 17.5. The third kappa shape index (κ3) is 1.44. The Morgan fingerprint density at radius 1 is 1.12 bits per heavy atom. The molecule has 0 saturated carbocycles. The summed E-state index contributed by atoms with van der Waals surface area (Å²) in [6.07, 6.45) is 1.68. The van der Waals surface area contributed by atoms with E-state index in [9.17, 15) is 4.79 Å². The molecule has 1 aromatic carbocycles. The lowest BCUT2D eigenvalue weighted by Gasteiger charge is -2.02. The molecule has 1 aromatic heterocycles. The number of thioether (sulfide) groups is 1. The molecule has 2 heterocycles. The molecule has 0 spiro atoms. The predicted octanol–water partition coefficient (Wildman–Crippen LogP) is 2.92. The van der Waals surface area contributed by atoms with Crippen molar-refractivity contribution in [3.8, 4) is 0 Å². The monoisotopic (exact) mass is 227 g/mol. The Bertz CT molecular complexity index is 516. The standard InChI is InChI=1S/C13H9NOS/c15-13-10-5-1-2-6-11(10)16-8-9-4-3-7-14-12(9)13/h1-7H,8H2. The molecule has 3 rings (SSSR count). The number of rotatable bonds is 0. The van der Waals surface area contributed by atoms with Gasteiger partial charge in [0.2, 0.25) is 5.78 Å². The van der Waals surface area contributed by atoms with Crippen molar-refractivity contribution in [1.82, 2.24) is 4.98 Å². The van der Waals surface area contributed by atoms with Gasteiger partial charge >= 0.3 is 0 Å². The highest BCUT2D eigenvalue weighted by atomic mass is 32.2. The first-order valence-corrected chi connectivity index (χ1v) is 6.05. The van der Waals surface area contributed by atoms with Crippen LogP contribution >= 0.6 is 11.8 Å². The minimum Gasteiger partial charge on any atom is -0.287 e. The van der Waals surface area contributed by atoms with Gasteiger partial charge in [-0.3, -0.25) is 9.78 Å². The summed E-state index contributed by atoms with van der Waals surface area (Å²) in [6, 6.07) is 11.6. The topological polar surface area (TPSA) is 30.0 Å². The summed E-state index contributed by atoms with van der Waals surface area (Å²) in [5, 5.41) is 0. The van der Waals surface area contributed by atoms with Crippen LogP contribution in [-0.2, 0) is 5.75 Å². The molecule has 0 unspecified atom stereocenters. The Balaban J connectivity index is 2.22. The van der Waals surface area contributed by atoms with Crippen LogP contribution in [0.4, 0.5) is 0 Å². The van der Waals surface area contributed by atoms with Crippen LogP contribution in [0, 0.1) is 0 Å². The Morgan fingerprint density at radius 3 is 2.94 bits per heavy atom. The van der Waals surface area contributed by atoms with Gasteiger partial charge in [0.15, 0.2) is 0 Å². The van der Waals surface area contributed by atoms with E-state index in [1.807, 2.05) is 36.4 Å². The maximum absolute atomic E-state index is 12.3. The number of carbonyl (C=O) groups excluding carboxylic acids is 1. The zero-order valence-corrected chi connectivity index (χ0v) is 9.33. The van der Waals surface area contributed by atoms with Crippen molar-refractivity contribution < 1.29 is 4.79 Å². The second kappa shape index (κ2) is 3.76. The average molecular weight is 227 g/mol. The van der Waals surface area contributed by atoms with Crippen molar-refractivity contribution in [2.75, 3.05) is 0 Å². The summed E-state index contributed by atoms with van der Waals surface area (Å²) in [6.45, 7) is 0. The maximum atomic E-state index is 12.3. The van der Waals surface area contributed by atoms with Crippen LogP contribution in [0.2, 0.25) is 0 Å². The molecule has 16 heavy (non-hydrogen) atoms. The van der Waals surface area contributed by atoms with Crippen LogP contribution < -0.4 is 0 Å². The molecule has 2 nitrogen and oxygen atoms in total. The van der Waals surface area contributed by atoms with Gasteiger partial charge in [-0.25, -0.2) is 0 Å². The van der Waals surface area contributed by atoms with Crippen molar-refractivity contribution in [3.05, 3.63) is 59.4 Å². The number of hydrogen-bond donors (Lipinski definition) is 0. The first-order valence-electron chi connectivity index (χ1n) is 5.06. The first kappa shape index (κ1) is 9.60. The van der Waals surface area contributed by atoms with E-state index in [-0.39, 0.29) is 5.78 Å². The largest absolute Gasteiger partial charge is 0.287 e. The second-order valence-corrected chi connectivity index (χ2v) is 4.64. The number of aromatic nitrogens is 1. The van der Waals surface area contributed by atoms with Crippen molar-refractivity contribution in [2.24, 2.45) is 0 Å². The quantitative estimate of drug-likeness (QED) is 0.693. The fraction of sp³-hybridized carbons (Fsp3) is 0.0769. The predicted molar refractivity (Wildman–Crippen MR) is 63.7 cm³/mol. The van der Waals surface area contributed by atoms with Crippen LogP contribution in [0.5, 0.6) is 0 Å². The van der Waals surface area contributed by atoms with Gasteiger partial charge in [-0.15, -0.1) is 11.8 Å². The van der Waals surface area contributed by atoms with E-state index in [1.54, 1.807) is 18.0 Å². The highest BCUT2D eigenvalue weighted by molar-refractivity contribution is 7.98. The molecule has 2 aromatic rings. The van der Waals surface area contributed by atoms with Gasteiger partial charge < -0.3 is 0 Å². The van der Waals surface area contributed by atoms with E-state index in [4.69, 9.17) is 0 Å². The number of carbonyl (C=O) groups is 1. The molecule has 1 aliphatic heterocycles. The molecule has 0 saturated heterocycles. The third-order valence-corrected chi connectivity index (χ3v) is 3.74. The number of fused-ring (bicyclic) bond motifs is 2. The summed E-state index contributed by atoms with van der Waals surface area (Å²) in [5.41, 5.74) is 2.39. The number of hydrogen-bond acceptors (Lipinski definition) is 3. The fourth-order valence-electron chi connectivity index (χ4n) is 1.82. The van der Waals surface area contributed by atoms with E-state index in [1.165, 1.54) is 0 Å². The molecule has 78 valence electrons. The number of benzene rings is 1.